The Morgan fingerprint density at radius 2 is 2.54 bits per heavy atom. The number of carbonyl (C=O) groups is 1. The minimum atomic E-state index is -0.540. The Labute approximate surface area is 76.9 Å². The summed E-state index contributed by atoms with van der Waals surface area (Å²) in [6.07, 6.45) is 0.419. The summed E-state index contributed by atoms with van der Waals surface area (Å²) in [6, 6.07) is 0. The van der Waals surface area contributed by atoms with Gasteiger partial charge in [0.1, 0.15) is 0 Å². The number of oxime groups is 1. The molecule has 0 saturated heterocycles. The van der Waals surface area contributed by atoms with Crippen molar-refractivity contribution in [1.29, 1.82) is 0 Å². The Bertz CT molecular complexity index is 240. The molecule has 0 aromatic heterocycles. The van der Waals surface area contributed by atoms with Crippen LogP contribution < -0.4 is 5.73 Å². The Hall–Kier alpha value is -1.10. The van der Waals surface area contributed by atoms with E-state index in [4.69, 9.17) is 15.3 Å². The number of hydrogen-bond acceptors (Lipinski definition) is 5. The normalized spacial score (nSPS) is 26.5. The largest absolute Gasteiger partial charge is 0.461 e. The van der Waals surface area contributed by atoms with Gasteiger partial charge >= 0.3 is 5.97 Å². The lowest BCUT2D eigenvalue weighted by atomic mass is 10.0. The summed E-state index contributed by atoms with van der Waals surface area (Å²) in [4.78, 5) is 16.2. The number of nitrogens with zero attached hydrogens (tertiary/aromatic N) is 1. The third-order valence-corrected chi connectivity index (χ3v) is 1.86. The van der Waals surface area contributed by atoms with Gasteiger partial charge in [0.25, 0.3) is 0 Å². The molecule has 13 heavy (non-hydrogen) atoms. The average Bonchev–Trinajstić information content (AvgIpc) is 2.50. The summed E-state index contributed by atoms with van der Waals surface area (Å²) in [5, 5.41) is 3.64. The van der Waals surface area contributed by atoms with Gasteiger partial charge in [0.15, 0.2) is 11.3 Å². The molecule has 5 nitrogen and oxygen atoms in total. The average molecular weight is 186 g/mol. The predicted molar refractivity (Wildman–Crippen MR) is 47.2 cm³/mol. The van der Waals surface area contributed by atoms with Crippen molar-refractivity contribution < 1.29 is 14.4 Å². The molecule has 2 N–H and O–H groups in total. The van der Waals surface area contributed by atoms with E-state index >= 15 is 0 Å². The van der Waals surface area contributed by atoms with Gasteiger partial charge in [-0.3, -0.25) is 0 Å². The molecular weight excluding hydrogens is 172 g/mol. The van der Waals surface area contributed by atoms with Gasteiger partial charge in [-0.05, 0) is 13.8 Å². The highest BCUT2D eigenvalue weighted by Gasteiger charge is 2.36. The van der Waals surface area contributed by atoms with E-state index in [0.717, 1.165) is 0 Å². The van der Waals surface area contributed by atoms with Gasteiger partial charge in [0.2, 0.25) is 0 Å². The first-order valence-corrected chi connectivity index (χ1v) is 4.23. The Morgan fingerprint density at radius 1 is 1.85 bits per heavy atom. The minimum absolute atomic E-state index is 0.315. The molecule has 0 fully saturated rings. The molecule has 1 heterocycles. The maximum Gasteiger partial charge on any atom is 0.356 e. The second-order valence-corrected chi connectivity index (χ2v) is 3.18. The van der Waals surface area contributed by atoms with Crippen molar-refractivity contribution in [2.75, 3.05) is 13.2 Å². The molecule has 5 heteroatoms. The molecule has 1 unspecified atom stereocenters. The van der Waals surface area contributed by atoms with Crippen molar-refractivity contribution in [2.45, 2.75) is 25.9 Å². The lowest BCUT2D eigenvalue weighted by Gasteiger charge is -2.17. The van der Waals surface area contributed by atoms with Crippen molar-refractivity contribution >= 4 is 11.7 Å². The van der Waals surface area contributed by atoms with Gasteiger partial charge < -0.3 is 15.3 Å². The van der Waals surface area contributed by atoms with Crippen LogP contribution in [0.25, 0.3) is 0 Å². The van der Waals surface area contributed by atoms with E-state index in [2.05, 4.69) is 5.16 Å². The van der Waals surface area contributed by atoms with Crippen molar-refractivity contribution in [1.82, 2.24) is 0 Å². The first-order valence-electron chi connectivity index (χ1n) is 4.23. The maximum atomic E-state index is 11.2. The van der Waals surface area contributed by atoms with E-state index in [0.29, 0.717) is 25.3 Å². The quantitative estimate of drug-likeness (QED) is 0.632. The van der Waals surface area contributed by atoms with Gasteiger partial charge in [-0.25, -0.2) is 4.79 Å². The number of nitrogens with two attached hydrogens (primary N) is 1. The molecule has 0 spiro atoms. The van der Waals surface area contributed by atoms with Crippen LogP contribution in [0.2, 0.25) is 0 Å². The second kappa shape index (κ2) is 3.74. The number of esters is 1. The highest BCUT2D eigenvalue weighted by Crippen LogP contribution is 2.22. The fourth-order valence-electron chi connectivity index (χ4n) is 1.02. The molecule has 0 amide bonds. The van der Waals surface area contributed by atoms with Crippen molar-refractivity contribution in [2.24, 2.45) is 10.9 Å². The van der Waals surface area contributed by atoms with E-state index < -0.39 is 11.6 Å². The summed E-state index contributed by atoms with van der Waals surface area (Å²) in [6.45, 7) is 4.23. The van der Waals surface area contributed by atoms with E-state index in [-0.39, 0.29) is 0 Å². The van der Waals surface area contributed by atoms with Crippen LogP contribution in [0, 0.1) is 0 Å². The van der Waals surface area contributed by atoms with E-state index in [1.54, 1.807) is 6.92 Å². The van der Waals surface area contributed by atoms with Gasteiger partial charge in [-0.1, -0.05) is 5.16 Å². The molecule has 0 aromatic rings. The number of rotatable bonds is 3. The number of hydrogen-bond donors (Lipinski definition) is 1. The smallest absolute Gasteiger partial charge is 0.356 e. The summed E-state index contributed by atoms with van der Waals surface area (Å²) in [5.74, 6) is -0.417. The molecule has 1 atom stereocenters. The van der Waals surface area contributed by atoms with Crippen molar-refractivity contribution in [3.63, 3.8) is 0 Å². The predicted octanol–water partition coefficient (Wildman–Crippen LogP) is 0.0432. The molecule has 1 rings (SSSR count). The van der Waals surface area contributed by atoms with Crippen molar-refractivity contribution in [3.8, 4) is 0 Å². The molecule has 0 radical (unpaired) electrons. The Morgan fingerprint density at radius 3 is 3.00 bits per heavy atom. The van der Waals surface area contributed by atoms with Crippen LogP contribution in [0.1, 0.15) is 20.3 Å². The van der Waals surface area contributed by atoms with Gasteiger partial charge in [0, 0.05) is 13.0 Å². The molecule has 0 saturated carbocycles. The molecule has 1 aliphatic heterocycles. The van der Waals surface area contributed by atoms with Crippen LogP contribution in [0.5, 0.6) is 0 Å². The van der Waals surface area contributed by atoms with Gasteiger partial charge in [-0.2, -0.15) is 0 Å². The Kier molecular flexibility index (Phi) is 2.87. The van der Waals surface area contributed by atoms with Crippen molar-refractivity contribution in [3.05, 3.63) is 0 Å². The summed E-state index contributed by atoms with van der Waals surface area (Å²) in [7, 11) is 0. The molecule has 74 valence electrons. The SMILES string of the molecule is CCOC(=O)C1=NOC(C)(CN)C1. The monoisotopic (exact) mass is 186 g/mol. The third kappa shape index (κ3) is 2.18. The van der Waals surface area contributed by atoms with Crippen LogP contribution in [-0.4, -0.2) is 30.4 Å². The van der Waals surface area contributed by atoms with Crippen LogP contribution in [0.3, 0.4) is 0 Å². The fraction of sp³-hybridized carbons (Fsp3) is 0.750. The van der Waals surface area contributed by atoms with Crippen LogP contribution >= 0.6 is 0 Å². The molecule has 0 aromatic carbocycles. The van der Waals surface area contributed by atoms with Gasteiger partial charge in [-0.15, -0.1) is 0 Å². The molecule has 0 bridgehead atoms. The minimum Gasteiger partial charge on any atom is -0.461 e. The first kappa shape index (κ1) is 9.98. The Balaban J connectivity index is 2.53. The van der Waals surface area contributed by atoms with Crippen LogP contribution in [0.15, 0.2) is 5.16 Å². The zero-order valence-corrected chi connectivity index (χ0v) is 7.87. The fourth-order valence-corrected chi connectivity index (χ4v) is 1.02. The summed E-state index contributed by atoms with van der Waals surface area (Å²) >= 11 is 0. The summed E-state index contributed by atoms with van der Waals surface area (Å²) < 4.78 is 4.77. The van der Waals surface area contributed by atoms with E-state index in [9.17, 15) is 4.79 Å². The van der Waals surface area contributed by atoms with Crippen LogP contribution in [0.4, 0.5) is 0 Å². The van der Waals surface area contributed by atoms with Crippen LogP contribution in [-0.2, 0) is 14.4 Å². The zero-order valence-electron chi connectivity index (χ0n) is 7.87. The maximum absolute atomic E-state index is 11.2. The van der Waals surface area contributed by atoms with E-state index in [1.807, 2.05) is 6.92 Å². The highest BCUT2D eigenvalue weighted by atomic mass is 16.7. The molecule has 0 aliphatic carbocycles. The second-order valence-electron chi connectivity index (χ2n) is 3.18. The topological polar surface area (TPSA) is 73.9 Å². The first-order chi connectivity index (χ1) is 6.11. The number of carbonyl (C=O) groups excluding carboxylic acids is 1. The molecule has 1 aliphatic rings. The lowest BCUT2D eigenvalue weighted by Crippen LogP contribution is -2.35. The number of ether oxygens (including phenoxy) is 1. The van der Waals surface area contributed by atoms with Gasteiger partial charge in [0.05, 0.1) is 6.61 Å². The standard InChI is InChI=1S/C8H14N2O3/c1-3-12-7(11)6-4-8(2,5-9)13-10-6/h3-5,9H2,1-2H3. The third-order valence-electron chi connectivity index (χ3n) is 1.86. The zero-order chi connectivity index (χ0) is 9.90. The highest BCUT2D eigenvalue weighted by molar-refractivity contribution is 6.36. The molecular formula is C8H14N2O3. The lowest BCUT2D eigenvalue weighted by molar-refractivity contribution is -0.135. The summed E-state index contributed by atoms with van der Waals surface area (Å²) in [5.41, 5.74) is 5.23. The van der Waals surface area contributed by atoms with E-state index in [1.165, 1.54) is 0 Å².